The number of carbonyl (C=O) groups is 1. The van der Waals surface area contributed by atoms with Crippen LogP contribution >= 0.6 is 0 Å². The fraction of sp³-hybridized carbons (Fsp3) is 0.500. The molecule has 5 nitrogen and oxygen atoms in total. The summed E-state index contributed by atoms with van der Waals surface area (Å²) in [5, 5.41) is 10.8. The highest BCUT2D eigenvalue weighted by molar-refractivity contribution is 6.05. The molecule has 3 rings (SSSR count). The van der Waals surface area contributed by atoms with Gasteiger partial charge in [-0.2, -0.15) is 5.10 Å². The van der Waals surface area contributed by atoms with Crippen molar-refractivity contribution in [3.05, 3.63) is 30.0 Å². The summed E-state index contributed by atoms with van der Waals surface area (Å²) in [6, 6.07) is 6.28. The first kappa shape index (κ1) is 14.1. The Bertz CT molecular complexity index is 622. The average Bonchev–Trinajstić information content (AvgIpc) is 2.97. The van der Waals surface area contributed by atoms with Crippen LogP contribution in [0.15, 0.2) is 24.4 Å². The third-order valence-corrected chi connectivity index (χ3v) is 4.35. The first-order chi connectivity index (χ1) is 10.3. The minimum atomic E-state index is -0.0216. The molecule has 2 N–H and O–H groups in total. The number of nitrogens with zero attached hydrogens (tertiary/aromatic N) is 2. The van der Waals surface area contributed by atoms with Crippen LogP contribution in [0.4, 0.5) is 0 Å². The van der Waals surface area contributed by atoms with Crippen LogP contribution in [-0.2, 0) is 0 Å². The van der Waals surface area contributed by atoms with Crippen LogP contribution in [-0.4, -0.2) is 46.7 Å². The average molecular weight is 286 g/mol. The second-order valence-electron chi connectivity index (χ2n) is 5.77. The molecule has 0 spiro atoms. The van der Waals surface area contributed by atoms with Gasteiger partial charge in [0.2, 0.25) is 0 Å². The van der Waals surface area contributed by atoms with Crippen molar-refractivity contribution in [2.24, 2.45) is 0 Å². The Labute approximate surface area is 124 Å². The monoisotopic (exact) mass is 286 g/mol. The summed E-state index contributed by atoms with van der Waals surface area (Å²) in [4.78, 5) is 14.8. The molecule has 1 aliphatic heterocycles. The van der Waals surface area contributed by atoms with Gasteiger partial charge in [-0.1, -0.05) is 12.5 Å². The number of aromatic amines is 1. The van der Waals surface area contributed by atoms with E-state index in [0.29, 0.717) is 18.2 Å². The quantitative estimate of drug-likeness (QED) is 0.905. The lowest BCUT2D eigenvalue weighted by molar-refractivity contribution is 0.0940. The predicted octanol–water partition coefficient (Wildman–Crippen LogP) is 2.17. The molecule has 2 aromatic rings. The van der Waals surface area contributed by atoms with E-state index in [1.54, 1.807) is 6.20 Å². The lowest BCUT2D eigenvalue weighted by Gasteiger charge is -2.33. The molecule has 1 fully saturated rings. The highest BCUT2D eigenvalue weighted by atomic mass is 16.1. The van der Waals surface area contributed by atoms with Gasteiger partial charge < -0.3 is 5.32 Å². The first-order valence-electron chi connectivity index (χ1n) is 7.70. The smallest absolute Gasteiger partial charge is 0.252 e. The lowest BCUT2D eigenvalue weighted by Crippen LogP contribution is -2.42. The molecule has 0 saturated carbocycles. The maximum absolute atomic E-state index is 12.3. The summed E-state index contributed by atoms with van der Waals surface area (Å²) >= 11 is 0. The number of H-pyrrole nitrogens is 1. The van der Waals surface area contributed by atoms with E-state index in [-0.39, 0.29) is 5.91 Å². The molecular formula is C16H22N4O. The van der Waals surface area contributed by atoms with E-state index in [0.717, 1.165) is 24.0 Å². The Morgan fingerprint density at radius 3 is 3.24 bits per heavy atom. The van der Waals surface area contributed by atoms with Crippen molar-refractivity contribution < 1.29 is 4.79 Å². The molecule has 5 heteroatoms. The standard InChI is InChI=1S/C16H22N4O/c1-12-5-2-3-9-20(12)10-8-17-16(21)13-6-4-7-15-14(13)11-18-19-15/h4,6-7,11-12H,2-3,5,8-10H2,1H3,(H,17,21)(H,18,19). The van der Waals surface area contributed by atoms with Crippen LogP contribution < -0.4 is 5.32 Å². The fourth-order valence-corrected chi connectivity index (χ4v) is 3.06. The van der Waals surface area contributed by atoms with Crippen molar-refractivity contribution >= 4 is 16.8 Å². The molecule has 1 amide bonds. The number of hydrogen-bond acceptors (Lipinski definition) is 3. The van der Waals surface area contributed by atoms with E-state index in [2.05, 4.69) is 27.3 Å². The molecule has 21 heavy (non-hydrogen) atoms. The zero-order valence-electron chi connectivity index (χ0n) is 12.4. The van der Waals surface area contributed by atoms with Gasteiger partial charge >= 0.3 is 0 Å². The van der Waals surface area contributed by atoms with Gasteiger partial charge in [-0.15, -0.1) is 0 Å². The van der Waals surface area contributed by atoms with Crippen LogP contribution in [0.25, 0.3) is 10.9 Å². The van der Waals surface area contributed by atoms with Crippen LogP contribution in [0.3, 0.4) is 0 Å². The number of likely N-dealkylation sites (tertiary alicyclic amines) is 1. The number of piperidine rings is 1. The summed E-state index contributed by atoms with van der Waals surface area (Å²) in [7, 11) is 0. The van der Waals surface area contributed by atoms with Gasteiger partial charge in [-0.05, 0) is 38.4 Å². The highest BCUT2D eigenvalue weighted by Crippen LogP contribution is 2.17. The molecular weight excluding hydrogens is 264 g/mol. The molecule has 1 aromatic carbocycles. The van der Waals surface area contributed by atoms with Gasteiger partial charge in [0.05, 0.1) is 17.3 Å². The molecule has 1 aromatic heterocycles. The van der Waals surface area contributed by atoms with E-state index in [4.69, 9.17) is 0 Å². The number of carbonyl (C=O) groups excluding carboxylic acids is 1. The van der Waals surface area contributed by atoms with Crippen molar-refractivity contribution in [1.82, 2.24) is 20.4 Å². The third-order valence-electron chi connectivity index (χ3n) is 4.35. The van der Waals surface area contributed by atoms with Crippen molar-refractivity contribution in [2.45, 2.75) is 32.2 Å². The molecule has 0 aliphatic carbocycles. The van der Waals surface area contributed by atoms with Crippen LogP contribution in [0.2, 0.25) is 0 Å². The minimum absolute atomic E-state index is 0.0216. The number of fused-ring (bicyclic) bond motifs is 1. The summed E-state index contributed by atoms with van der Waals surface area (Å²) in [5.41, 5.74) is 1.58. The Kier molecular flexibility index (Phi) is 4.20. The van der Waals surface area contributed by atoms with Gasteiger partial charge in [-0.3, -0.25) is 14.8 Å². The Morgan fingerprint density at radius 2 is 2.38 bits per heavy atom. The largest absolute Gasteiger partial charge is 0.351 e. The second-order valence-corrected chi connectivity index (χ2v) is 5.77. The van der Waals surface area contributed by atoms with E-state index in [9.17, 15) is 4.79 Å². The van der Waals surface area contributed by atoms with E-state index in [1.165, 1.54) is 19.3 Å². The summed E-state index contributed by atoms with van der Waals surface area (Å²) < 4.78 is 0. The molecule has 0 radical (unpaired) electrons. The first-order valence-corrected chi connectivity index (χ1v) is 7.70. The van der Waals surface area contributed by atoms with Crippen LogP contribution in [0.1, 0.15) is 36.5 Å². The number of amides is 1. The van der Waals surface area contributed by atoms with Gasteiger partial charge in [0, 0.05) is 24.5 Å². The predicted molar refractivity (Wildman–Crippen MR) is 83.3 cm³/mol. The van der Waals surface area contributed by atoms with Crippen molar-refractivity contribution in [1.29, 1.82) is 0 Å². The lowest BCUT2D eigenvalue weighted by atomic mass is 10.0. The number of nitrogens with one attached hydrogen (secondary N) is 2. The maximum atomic E-state index is 12.3. The van der Waals surface area contributed by atoms with Gasteiger partial charge in [0.25, 0.3) is 5.91 Å². The summed E-state index contributed by atoms with van der Waals surface area (Å²) in [6.45, 7) is 5.03. The van der Waals surface area contributed by atoms with Gasteiger partial charge in [0.1, 0.15) is 0 Å². The van der Waals surface area contributed by atoms with E-state index >= 15 is 0 Å². The number of aromatic nitrogens is 2. The van der Waals surface area contributed by atoms with Gasteiger partial charge in [-0.25, -0.2) is 0 Å². The molecule has 2 heterocycles. The number of rotatable bonds is 4. The second kappa shape index (κ2) is 6.26. The Balaban J connectivity index is 1.58. The Hall–Kier alpha value is -1.88. The van der Waals surface area contributed by atoms with Crippen LogP contribution in [0.5, 0.6) is 0 Å². The minimum Gasteiger partial charge on any atom is -0.351 e. The molecule has 1 unspecified atom stereocenters. The third kappa shape index (κ3) is 3.08. The van der Waals surface area contributed by atoms with Crippen molar-refractivity contribution in [3.63, 3.8) is 0 Å². The Morgan fingerprint density at radius 1 is 1.48 bits per heavy atom. The molecule has 1 atom stereocenters. The van der Waals surface area contributed by atoms with Gasteiger partial charge in [0.15, 0.2) is 0 Å². The van der Waals surface area contributed by atoms with Crippen LogP contribution in [0, 0.1) is 0 Å². The maximum Gasteiger partial charge on any atom is 0.252 e. The van der Waals surface area contributed by atoms with E-state index < -0.39 is 0 Å². The molecule has 1 saturated heterocycles. The number of hydrogen-bond donors (Lipinski definition) is 2. The zero-order chi connectivity index (χ0) is 14.7. The zero-order valence-corrected chi connectivity index (χ0v) is 12.4. The van der Waals surface area contributed by atoms with E-state index in [1.807, 2.05) is 18.2 Å². The normalized spacial score (nSPS) is 19.8. The summed E-state index contributed by atoms with van der Waals surface area (Å²) in [6.07, 6.45) is 5.57. The topological polar surface area (TPSA) is 61.0 Å². The fourth-order valence-electron chi connectivity index (χ4n) is 3.06. The number of benzene rings is 1. The summed E-state index contributed by atoms with van der Waals surface area (Å²) in [5.74, 6) is -0.0216. The molecule has 1 aliphatic rings. The molecule has 112 valence electrons. The van der Waals surface area contributed by atoms with Crippen molar-refractivity contribution in [2.75, 3.05) is 19.6 Å². The highest BCUT2D eigenvalue weighted by Gasteiger charge is 2.18. The molecule has 0 bridgehead atoms. The van der Waals surface area contributed by atoms with Crippen molar-refractivity contribution in [3.8, 4) is 0 Å². The SMILES string of the molecule is CC1CCCCN1CCNC(=O)c1cccc2[nH]ncc12.